The molecule has 20 heavy (non-hydrogen) atoms. The fourth-order valence-electron chi connectivity index (χ4n) is 1.81. The summed E-state index contributed by atoms with van der Waals surface area (Å²) < 4.78 is 5.48. The van der Waals surface area contributed by atoms with Gasteiger partial charge in [-0.1, -0.05) is 20.8 Å². The van der Waals surface area contributed by atoms with E-state index in [9.17, 15) is 9.59 Å². The number of carbonyl (C=O) groups is 2. The summed E-state index contributed by atoms with van der Waals surface area (Å²) in [6, 6.07) is 0. The fraction of sp³-hybridized carbons (Fsp3) is 0.846. The average molecular weight is 308 g/mol. The minimum absolute atomic E-state index is 0. The van der Waals surface area contributed by atoms with Crippen molar-refractivity contribution in [2.24, 2.45) is 11.1 Å². The van der Waals surface area contributed by atoms with Gasteiger partial charge in [0.1, 0.15) is 6.10 Å². The number of halogens is 1. The predicted molar refractivity (Wildman–Crippen MR) is 79.7 cm³/mol. The van der Waals surface area contributed by atoms with Gasteiger partial charge in [0.25, 0.3) is 0 Å². The summed E-state index contributed by atoms with van der Waals surface area (Å²) in [5.74, 6) is -0.150. The van der Waals surface area contributed by atoms with Gasteiger partial charge in [0.2, 0.25) is 11.8 Å². The number of nitrogens with two attached hydrogens (primary N) is 1. The number of rotatable bonds is 5. The molecule has 2 atom stereocenters. The lowest BCUT2D eigenvalue weighted by Gasteiger charge is -2.18. The molecule has 0 aliphatic carbocycles. The quantitative estimate of drug-likeness (QED) is 0.632. The molecular weight excluding hydrogens is 282 g/mol. The van der Waals surface area contributed by atoms with Crippen LogP contribution >= 0.6 is 12.4 Å². The molecule has 0 unspecified atom stereocenters. The van der Waals surface area contributed by atoms with Crippen molar-refractivity contribution in [3.63, 3.8) is 0 Å². The molecule has 1 aliphatic heterocycles. The first-order valence-electron chi connectivity index (χ1n) is 6.76. The van der Waals surface area contributed by atoms with Crippen molar-refractivity contribution in [2.75, 3.05) is 19.6 Å². The number of hydrogen-bond donors (Lipinski definition) is 3. The third-order valence-electron chi connectivity index (χ3n) is 3.05. The van der Waals surface area contributed by atoms with Crippen LogP contribution in [0.4, 0.5) is 0 Å². The number of amides is 2. The van der Waals surface area contributed by atoms with Crippen LogP contribution in [-0.4, -0.2) is 43.7 Å². The highest BCUT2D eigenvalue weighted by Crippen LogP contribution is 2.18. The molecule has 2 amide bonds. The minimum Gasteiger partial charge on any atom is -0.364 e. The van der Waals surface area contributed by atoms with Crippen LogP contribution in [0.1, 0.15) is 33.6 Å². The van der Waals surface area contributed by atoms with Crippen LogP contribution in [-0.2, 0) is 14.3 Å². The van der Waals surface area contributed by atoms with E-state index in [-0.39, 0.29) is 30.3 Å². The predicted octanol–water partition coefficient (Wildman–Crippen LogP) is 0.193. The minimum atomic E-state index is -0.410. The van der Waals surface area contributed by atoms with Crippen molar-refractivity contribution in [2.45, 2.75) is 45.8 Å². The molecule has 1 heterocycles. The smallest absolute Gasteiger partial charge is 0.249 e. The van der Waals surface area contributed by atoms with Crippen molar-refractivity contribution in [1.82, 2.24) is 10.6 Å². The lowest BCUT2D eigenvalue weighted by Crippen LogP contribution is -2.42. The van der Waals surface area contributed by atoms with Crippen LogP contribution in [0.15, 0.2) is 0 Å². The topological polar surface area (TPSA) is 93.5 Å². The molecule has 6 nitrogen and oxygen atoms in total. The molecule has 1 saturated heterocycles. The molecule has 1 fully saturated rings. The monoisotopic (exact) mass is 307 g/mol. The summed E-state index contributed by atoms with van der Waals surface area (Å²) in [7, 11) is 0. The van der Waals surface area contributed by atoms with Crippen molar-refractivity contribution in [1.29, 1.82) is 0 Å². The summed E-state index contributed by atoms with van der Waals surface area (Å²) in [4.78, 5) is 23.3. The summed E-state index contributed by atoms with van der Waals surface area (Å²) in [6.07, 6.45) is 1.14. The van der Waals surface area contributed by atoms with Gasteiger partial charge in [-0.25, -0.2) is 0 Å². The fourth-order valence-corrected chi connectivity index (χ4v) is 1.81. The molecule has 0 aromatic carbocycles. The third-order valence-corrected chi connectivity index (χ3v) is 3.05. The van der Waals surface area contributed by atoms with E-state index in [2.05, 4.69) is 10.6 Å². The zero-order valence-corrected chi connectivity index (χ0v) is 13.2. The Morgan fingerprint density at radius 2 is 1.80 bits per heavy atom. The third kappa shape index (κ3) is 6.07. The van der Waals surface area contributed by atoms with Crippen molar-refractivity contribution in [3.05, 3.63) is 0 Å². The van der Waals surface area contributed by atoms with Crippen LogP contribution in [0, 0.1) is 5.41 Å². The second-order valence-electron chi connectivity index (χ2n) is 5.86. The first kappa shape index (κ1) is 19.1. The van der Waals surface area contributed by atoms with E-state index in [1.54, 1.807) is 0 Å². The maximum absolute atomic E-state index is 11.8. The summed E-state index contributed by atoms with van der Waals surface area (Å²) in [5, 5.41) is 5.53. The highest BCUT2D eigenvalue weighted by Gasteiger charge is 2.29. The van der Waals surface area contributed by atoms with Crippen LogP contribution < -0.4 is 16.4 Å². The Morgan fingerprint density at radius 1 is 1.20 bits per heavy atom. The molecule has 0 bridgehead atoms. The van der Waals surface area contributed by atoms with Crippen LogP contribution in [0.2, 0.25) is 0 Å². The molecule has 0 saturated carbocycles. The number of hydrogen-bond acceptors (Lipinski definition) is 4. The second kappa shape index (κ2) is 8.44. The van der Waals surface area contributed by atoms with E-state index < -0.39 is 11.5 Å². The highest BCUT2D eigenvalue weighted by molar-refractivity contribution is 5.85. The van der Waals surface area contributed by atoms with Gasteiger partial charge in [-0.3, -0.25) is 9.59 Å². The Labute approximate surface area is 126 Å². The van der Waals surface area contributed by atoms with Gasteiger partial charge in [-0.2, -0.15) is 0 Å². The van der Waals surface area contributed by atoms with Gasteiger partial charge in [0.15, 0.2) is 0 Å². The largest absolute Gasteiger partial charge is 0.364 e. The molecule has 0 radical (unpaired) electrons. The van der Waals surface area contributed by atoms with Gasteiger partial charge < -0.3 is 21.1 Å². The first-order chi connectivity index (χ1) is 8.84. The molecule has 118 valence electrons. The summed E-state index contributed by atoms with van der Waals surface area (Å²) in [5.41, 5.74) is 5.08. The molecular formula is C13H26ClN3O3. The van der Waals surface area contributed by atoms with E-state index in [0.717, 1.165) is 6.42 Å². The zero-order valence-electron chi connectivity index (χ0n) is 12.4. The van der Waals surface area contributed by atoms with Gasteiger partial charge in [0.05, 0.1) is 6.10 Å². The van der Waals surface area contributed by atoms with E-state index >= 15 is 0 Å². The summed E-state index contributed by atoms with van der Waals surface area (Å²) in [6.45, 7) is 6.83. The van der Waals surface area contributed by atoms with Crippen molar-refractivity contribution < 1.29 is 14.3 Å². The number of carbonyl (C=O) groups excluding carboxylic acids is 2. The Morgan fingerprint density at radius 3 is 2.30 bits per heavy atom. The van der Waals surface area contributed by atoms with E-state index in [1.807, 2.05) is 20.8 Å². The second-order valence-corrected chi connectivity index (χ2v) is 5.86. The van der Waals surface area contributed by atoms with E-state index in [4.69, 9.17) is 10.5 Å². The van der Waals surface area contributed by atoms with Gasteiger partial charge in [0, 0.05) is 25.0 Å². The van der Waals surface area contributed by atoms with Crippen LogP contribution in [0.5, 0.6) is 0 Å². The number of ether oxygens (including phenoxy) is 1. The molecule has 4 N–H and O–H groups in total. The van der Waals surface area contributed by atoms with Crippen molar-refractivity contribution in [3.8, 4) is 0 Å². The molecule has 0 aromatic heterocycles. The molecule has 1 aliphatic rings. The maximum Gasteiger partial charge on any atom is 0.249 e. The van der Waals surface area contributed by atoms with E-state index in [0.29, 0.717) is 26.1 Å². The Balaban J connectivity index is 0.00000361. The van der Waals surface area contributed by atoms with Gasteiger partial charge >= 0.3 is 0 Å². The first-order valence-corrected chi connectivity index (χ1v) is 6.76. The average Bonchev–Trinajstić information content (AvgIpc) is 2.81. The standard InChI is InChI=1S/C13H25N3O3.ClH/c1-13(2,3)12(18)16-7-6-15-11(17)10-5-4-9(8-14)19-10;/h9-10H,4-8,14H2,1-3H3,(H,15,17)(H,16,18);1H/t9-,10+;/m1./s1. The van der Waals surface area contributed by atoms with Gasteiger partial charge in [-0.05, 0) is 12.8 Å². The lowest BCUT2D eigenvalue weighted by molar-refractivity contribution is -0.132. The Kier molecular flexibility index (Phi) is 8.08. The zero-order chi connectivity index (χ0) is 14.5. The van der Waals surface area contributed by atoms with E-state index in [1.165, 1.54) is 0 Å². The van der Waals surface area contributed by atoms with Gasteiger partial charge in [-0.15, -0.1) is 12.4 Å². The Hall–Kier alpha value is -0.850. The molecule has 0 spiro atoms. The maximum atomic E-state index is 11.8. The molecule has 7 heteroatoms. The van der Waals surface area contributed by atoms with Crippen molar-refractivity contribution >= 4 is 24.2 Å². The number of nitrogens with one attached hydrogen (secondary N) is 2. The highest BCUT2D eigenvalue weighted by atomic mass is 35.5. The Bertz CT molecular complexity index is 331. The molecule has 0 aromatic rings. The van der Waals surface area contributed by atoms with Crippen LogP contribution in [0.25, 0.3) is 0 Å². The summed E-state index contributed by atoms with van der Waals surface area (Å²) >= 11 is 0. The lowest BCUT2D eigenvalue weighted by atomic mass is 9.96. The van der Waals surface area contributed by atoms with Crippen LogP contribution in [0.3, 0.4) is 0 Å². The SMILES string of the molecule is CC(C)(C)C(=O)NCCNC(=O)[C@@H]1CC[C@H](CN)O1.Cl. The normalized spacial score (nSPS) is 22.0. The molecule has 1 rings (SSSR count).